The van der Waals surface area contributed by atoms with Crippen LogP contribution < -0.4 is 5.32 Å². The van der Waals surface area contributed by atoms with Gasteiger partial charge < -0.3 is 15.0 Å². The largest absolute Gasteiger partial charge is 0.462 e. The highest BCUT2D eigenvalue weighted by Gasteiger charge is 2.36. The van der Waals surface area contributed by atoms with Gasteiger partial charge in [-0.2, -0.15) is 0 Å². The van der Waals surface area contributed by atoms with Crippen molar-refractivity contribution in [1.29, 1.82) is 0 Å². The van der Waals surface area contributed by atoms with Crippen molar-refractivity contribution in [2.75, 3.05) is 11.9 Å². The van der Waals surface area contributed by atoms with Crippen LogP contribution in [0.2, 0.25) is 0 Å². The van der Waals surface area contributed by atoms with Crippen LogP contribution >= 0.6 is 0 Å². The normalized spacial score (nSPS) is 15.0. The van der Waals surface area contributed by atoms with Crippen LogP contribution in [-0.4, -0.2) is 34.2 Å². The first-order chi connectivity index (χ1) is 16.6. The highest BCUT2D eigenvalue weighted by molar-refractivity contribution is 6.24. The molecule has 1 aliphatic rings. The second kappa shape index (κ2) is 9.15. The fraction of sp³-hybridized carbons (Fsp3) is 0.111. The number of carbonyl (C=O) groups is 2. The van der Waals surface area contributed by atoms with E-state index in [-0.39, 0.29) is 12.5 Å². The van der Waals surface area contributed by atoms with Crippen molar-refractivity contribution in [3.63, 3.8) is 0 Å². The molecular formula is C27H22N4O3. The summed E-state index contributed by atoms with van der Waals surface area (Å²) < 4.78 is 5.09. The van der Waals surface area contributed by atoms with Gasteiger partial charge in [-0.1, -0.05) is 48.5 Å². The second-order valence-electron chi connectivity index (χ2n) is 7.82. The minimum Gasteiger partial charge on any atom is -0.462 e. The molecule has 1 aromatic heterocycles. The van der Waals surface area contributed by atoms with Gasteiger partial charge in [0.05, 0.1) is 41.8 Å². The van der Waals surface area contributed by atoms with Crippen LogP contribution in [-0.2, 0) is 9.53 Å². The molecule has 34 heavy (non-hydrogen) atoms. The van der Waals surface area contributed by atoms with Crippen molar-refractivity contribution in [1.82, 2.24) is 9.97 Å². The number of amides is 1. The van der Waals surface area contributed by atoms with E-state index in [2.05, 4.69) is 15.3 Å². The van der Waals surface area contributed by atoms with E-state index >= 15 is 0 Å². The summed E-state index contributed by atoms with van der Waals surface area (Å²) in [6, 6.07) is 22.5. The van der Waals surface area contributed by atoms with Gasteiger partial charge in [-0.15, -0.1) is 0 Å². The Kier molecular flexibility index (Phi) is 5.74. The monoisotopic (exact) mass is 450 g/mol. The van der Waals surface area contributed by atoms with Gasteiger partial charge in [0.1, 0.15) is 5.92 Å². The third-order valence-corrected chi connectivity index (χ3v) is 5.66. The van der Waals surface area contributed by atoms with Crippen molar-refractivity contribution in [2.45, 2.75) is 12.8 Å². The van der Waals surface area contributed by atoms with Crippen molar-refractivity contribution >= 4 is 29.0 Å². The van der Waals surface area contributed by atoms with Gasteiger partial charge in [0.25, 0.3) is 0 Å². The first kappa shape index (κ1) is 21.3. The van der Waals surface area contributed by atoms with Gasteiger partial charge in [-0.05, 0) is 47.9 Å². The van der Waals surface area contributed by atoms with Crippen LogP contribution in [0.1, 0.15) is 34.3 Å². The molecule has 3 aromatic carbocycles. The number of hydrogen-bond acceptors (Lipinski definition) is 5. The average Bonchev–Trinajstić information content (AvgIpc) is 3.51. The van der Waals surface area contributed by atoms with E-state index < -0.39 is 11.9 Å². The lowest BCUT2D eigenvalue weighted by Crippen LogP contribution is -2.21. The van der Waals surface area contributed by atoms with E-state index in [1.165, 1.54) is 0 Å². The molecule has 0 fully saturated rings. The number of ether oxygens (including phenoxy) is 1. The maximum Gasteiger partial charge on any atom is 0.338 e. The number of benzene rings is 3. The smallest absolute Gasteiger partial charge is 0.338 e. The molecule has 5 rings (SSSR count). The molecular weight excluding hydrogens is 428 g/mol. The molecule has 1 aliphatic heterocycles. The standard InChI is InChI=1S/C27H22N4O3/c1-2-34-27(33)19-10-13-21-22(14-19)31-26(32)24(21)25(18-6-4-3-5-7-18)30-20-11-8-17(9-12-20)23-15-28-16-29-23/h3-16,24H,2H2,1H3,(H,28,29)(H,31,32). The number of aliphatic imine (C=N–C) groups is 1. The molecule has 1 amide bonds. The Morgan fingerprint density at radius 2 is 1.82 bits per heavy atom. The minimum atomic E-state index is -0.610. The number of aromatic nitrogens is 2. The lowest BCUT2D eigenvalue weighted by molar-refractivity contribution is -0.115. The molecule has 0 radical (unpaired) electrons. The van der Waals surface area contributed by atoms with E-state index in [1.807, 2.05) is 54.6 Å². The van der Waals surface area contributed by atoms with Crippen molar-refractivity contribution in [3.05, 3.63) is 102 Å². The average molecular weight is 450 g/mol. The summed E-state index contributed by atoms with van der Waals surface area (Å²) in [6.45, 7) is 2.04. The third-order valence-electron chi connectivity index (χ3n) is 5.66. The molecule has 7 heteroatoms. The zero-order chi connectivity index (χ0) is 23.5. The highest BCUT2D eigenvalue weighted by Crippen LogP contribution is 2.37. The Morgan fingerprint density at radius 3 is 2.53 bits per heavy atom. The second-order valence-corrected chi connectivity index (χ2v) is 7.82. The van der Waals surface area contributed by atoms with Crippen LogP contribution in [0.4, 0.5) is 11.4 Å². The number of imidazole rings is 1. The summed E-state index contributed by atoms with van der Waals surface area (Å²) in [5.74, 6) is -1.22. The van der Waals surface area contributed by atoms with Crippen LogP contribution in [0, 0.1) is 0 Å². The van der Waals surface area contributed by atoms with E-state index in [0.717, 1.165) is 28.1 Å². The SMILES string of the molecule is CCOC(=O)c1ccc2c(c1)NC(=O)C2C(=Nc1ccc(-c2cnc[nH]2)cc1)c1ccccc1. The van der Waals surface area contributed by atoms with Gasteiger partial charge >= 0.3 is 5.97 Å². The molecule has 0 bridgehead atoms. The van der Waals surface area contributed by atoms with Gasteiger partial charge in [-0.25, -0.2) is 9.78 Å². The summed E-state index contributed by atoms with van der Waals surface area (Å²) in [6.07, 6.45) is 3.40. The predicted molar refractivity (Wildman–Crippen MR) is 130 cm³/mol. The summed E-state index contributed by atoms with van der Waals surface area (Å²) in [4.78, 5) is 37.3. The molecule has 0 spiro atoms. The van der Waals surface area contributed by atoms with E-state index in [9.17, 15) is 9.59 Å². The zero-order valence-corrected chi connectivity index (χ0v) is 18.5. The molecule has 0 aliphatic carbocycles. The lowest BCUT2D eigenvalue weighted by Gasteiger charge is -2.14. The maximum atomic E-state index is 13.1. The molecule has 7 nitrogen and oxygen atoms in total. The summed E-state index contributed by atoms with van der Waals surface area (Å²) >= 11 is 0. The Labute approximate surface area is 196 Å². The molecule has 168 valence electrons. The van der Waals surface area contributed by atoms with Gasteiger partial charge in [0.2, 0.25) is 5.91 Å². The molecule has 4 aromatic rings. The number of H-pyrrole nitrogens is 1. The Hall–Kier alpha value is -4.52. The van der Waals surface area contributed by atoms with Crippen molar-refractivity contribution in [3.8, 4) is 11.3 Å². The fourth-order valence-electron chi connectivity index (χ4n) is 4.05. The third kappa shape index (κ3) is 4.11. The number of hydrogen-bond donors (Lipinski definition) is 2. The van der Waals surface area contributed by atoms with Crippen LogP contribution in [0.25, 0.3) is 11.3 Å². The van der Waals surface area contributed by atoms with Gasteiger partial charge in [0.15, 0.2) is 0 Å². The van der Waals surface area contributed by atoms with Crippen LogP contribution in [0.15, 0.2) is 90.3 Å². The molecule has 1 unspecified atom stereocenters. The molecule has 0 saturated carbocycles. The number of fused-ring (bicyclic) bond motifs is 1. The van der Waals surface area contributed by atoms with E-state index in [1.54, 1.807) is 37.6 Å². The van der Waals surface area contributed by atoms with Crippen molar-refractivity contribution in [2.24, 2.45) is 4.99 Å². The summed E-state index contributed by atoms with van der Waals surface area (Å²) in [5.41, 5.74) is 5.89. The van der Waals surface area contributed by atoms with E-state index in [4.69, 9.17) is 9.73 Å². The first-order valence-corrected chi connectivity index (χ1v) is 11.0. The lowest BCUT2D eigenvalue weighted by atomic mass is 9.90. The maximum absolute atomic E-state index is 13.1. The summed E-state index contributed by atoms with van der Waals surface area (Å²) in [5, 5.41) is 2.91. The zero-order valence-electron chi connectivity index (χ0n) is 18.5. The predicted octanol–water partition coefficient (Wildman–Crippen LogP) is 5.11. The van der Waals surface area contributed by atoms with Crippen LogP contribution in [0.3, 0.4) is 0 Å². The number of rotatable bonds is 6. The van der Waals surface area contributed by atoms with Gasteiger partial charge in [-0.3, -0.25) is 9.79 Å². The number of nitrogens with zero attached hydrogens (tertiary/aromatic N) is 2. The fourth-order valence-corrected chi connectivity index (χ4v) is 4.05. The van der Waals surface area contributed by atoms with Crippen LogP contribution in [0.5, 0.6) is 0 Å². The molecule has 2 N–H and O–H groups in total. The molecule has 1 atom stereocenters. The molecule has 2 heterocycles. The van der Waals surface area contributed by atoms with Gasteiger partial charge in [0, 0.05) is 5.69 Å². The molecule has 0 saturated heterocycles. The number of aromatic amines is 1. The number of anilines is 1. The Bertz CT molecular complexity index is 1360. The Morgan fingerprint density at radius 1 is 1.03 bits per heavy atom. The first-order valence-electron chi connectivity index (χ1n) is 11.0. The minimum absolute atomic E-state index is 0.187. The quantitative estimate of drug-likeness (QED) is 0.315. The highest BCUT2D eigenvalue weighted by atomic mass is 16.5. The Balaban J connectivity index is 1.55. The van der Waals surface area contributed by atoms with E-state index in [0.29, 0.717) is 17.0 Å². The number of nitrogens with one attached hydrogen (secondary N) is 2. The number of esters is 1. The van der Waals surface area contributed by atoms with Crippen molar-refractivity contribution < 1.29 is 14.3 Å². The number of carbonyl (C=O) groups excluding carboxylic acids is 2. The topological polar surface area (TPSA) is 96.4 Å². The summed E-state index contributed by atoms with van der Waals surface area (Å²) in [7, 11) is 0.